The molecule has 52 valence electrons. The van der Waals surface area contributed by atoms with Gasteiger partial charge in [-0.3, -0.25) is 0 Å². The lowest BCUT2D eigenvalue weighted by atomic mass is 10.4. The van der Waals surface area contributed by atoms with Gasteiger partial charge in [0.25, 0.3) is 0 Å². The molecule has 0 aliphatic carbocycles. The topological polar surface area (TPSA) is 46.0 Å². The highest BCUT2D eigenvalue weighted by molar-refractivity contribution is 4.94. The van der Waals surface area contributed by atoms with E-state index in [9.17, 15) is 0 Å². The lowest BCUT2D eigenvalue weighted by Crippen LogP contribution is -1.89. The van der Waals surface area contributed by atoms with Crippen LogP contribution in [0.25, 0.3) is 0 Å². The van der Waals surface area contributed by atoms with Gasteiger partial charge in [-0.1, -0.05) is 0 Å². The third-order valence-corrected chi connectivity index (χ3v) is 1.03. The van der Waals surface area contributed by atoms with Crippen LogP contribution in [0.3, 0.4) is 0 Å². The number of aliphatic hydroxyl groups is 1. The normalized spacial score (nSPS) is 10.4. The van der Waals surface area contributed by atoms with E-state index in [4.69, 9.17) is 5.11 Å². The van der Waals surface area contributed by atoms with Crippen LogP contribution in [0, 0.1) is 0 Å². The molecule has 0 saturated heterocycles. The molecule has 0 aliphatic heterocycles. The summed E-state index contributed by atoms with van der Waals surface area (Å²) in [6.07, 6.45) is 6.52. The molecule has 0 spiro atoms. The van der Waals surface area contributed by atoms with Gasteiger partial charge in [-0.05, 0) is 12.1 Å². The molecule has 0 unspecified atom stereocenters. The molecule has 0 bridgehead atoms. The van der Waals surface area contributed by atoms with Crippen LogP contribution >= 0.6 is 0 Å². The largest absolute Gasteiger partial charge is 0.516 e. The molecule has 1 aromatic heterocycles. The summed E-state index contributed by atoms with van der Waals surface area (Å²) in [5, 5.41) is 8.29. The number of aromatic nitrogens is 2. The summed E-state index contributed by atoms with van der Waals surface area (Å²) < 4.78 is 0. The molecule has 0 atom stereocenters. The molecule has 1 heterocycles. The SMILES string of the molecule is OC=CCc1ncccn1. The summed E-state index contributed by atoms with van der Waals surface area (Å²) in [6.45, 7) is 0. The van der Waals surface area contributed by atoms with Crippen molar-refractivity contribution >= 4 is 0 Å². The van der Waals surface area contributed by atoms with Crippen molar-refractivity contribution in [2.75, 3.05) is 0 Å². The highest BCUT2D eigenvalue weighted by atomic mass is 16.2. The first-order valence-electron chi connectivity index (χ1n) is 2.98. The lowest BCUT2D eigenvalue weighted by molar-refractivity contribution is 0.471. The van der Waals surface area contributed by atoms with Gasteiger partial charge < -0.3 is 5.11 Å². The van der Waals surface area contributed by atoms with Crippen LogP contribution in [0.2, 0.25) is 0 Å². The Hall–Kier alpha value is -1.38. The maximum absolute atomic E-state index is 8.29. The Labute approximate surface area is 59.1 Å². The molecule has 1 N–H and O–H groups in total. The van der Waals surface area contributed by atoms with Crippen molar-refractivity contribution in [2.45, 2.75) is 6.42 Å². The zero-order valence-electron chi connectivity index (χ0n) is 5.44. The Morgan fingerprint density at radius 3 is 2.70 bits per heavy atom. The Morgan fingerprint density at radius 1 is 1.40 bits per heavy atom. The van der Waals surface area contributed by atoms with Gasteiger partial charge in [0.1, 0.15) is 5.82 Å². The quantitative estimate of drug-likeness (QED) is 0.619. The van der Waals surface area contributed by atoms with Crippen LogP contribution in [0.15, 0.2) is 30.8 Å². The van der Waals surface area contributed by atoms with E-state index >= 15 is 0 Å². The predicted octanol–water partition coefficient (Wildman–Crippen LogP) is 1.09. The molecule has 3 nitrogen and oxygen atoms in total. The van der Waals surface area contributed by atoms with Crippen LogP contribution in [-0.2, 0) is 6.42 Å². The molecular formula is C7H8N2O. The minimum absolute atomic E-state index is 0.581. The van der Waals surface area contributed by atoms with E-state index in [1.54, 1.807) is 24.5 Å². The van der Waals surface area contributed by atoms with Gasteiger partial charge in [0.05, 0.1) is 6.26 Å². The van der Waals surface area contributed by atoms with Crippen molar-refractivity contribution in [2.24, 2.45) is 0 Å². The van der Waals surface area contributed by atoms with E-state index in [0.717, 1.165) is 6.26 Å². The van der Waals surface area contributed by atoms with Gasteiger partial charge in [0, 0.05) is 18.8 Å². The highest BCUT2D eigenvalue weighted by Crippen LogP contribution is 1.88. The third kappa shape index (κ3) is 1.85. The third-order valence-electron chi connectivity index (χ3n) is 1.03. The zero-order chi connectivity index (χ0) is 7.23. The molecule has 0 aliphatic rings. The molecule has 0 fully saturated rings. The first kappa shape index (κ1) is 6.74. The molecule has 1 aromatic rings. The van der Waals surface area contributed by atoms with Crippen LogP contribution in [0.4, 0.5) is 0 Å². The molecule has 3 heteroatoms. The van der Waals surface area contributed by atoms with Gasteiger partial charge in [0.15, 0.2) is 0 Å². The number of hydrogen-bond acceptors (Lipinski definition) is 3. The number of hydrogen-bond donors (Lipinski definition) is 1. The van der Waals surface area contributed by atoms with Crippen LogP contribution in [0.5, 0.6) is 0 Å². The Bertz CT molecular complexity index is 208. The fraction of sp³-hybridized carbons (Fsp3) is 0.143. The fourth-order valence-electron chi connectivity index (χ4n) is 0.593. The summed E-state index contributed by atoms with van der Waals surface area (Å²) in [4.78, 5) is 7.89. The number of rotatable bonds is 2. The van der Waals surface area contributed by atoms with Crippen molar-refractivity contribution < 1.29 is 5.11 Å². The molecule has 0 amide bonds. The molecule has 0 aromatic carbocycles. The second-order valence-electron chi connectivity index (χ2n) is 1.75. The summed E-state index contributed by atoms with van der Waals surface area (Å²) in [5.41, 5.74) is 0. The standard InChI is InChI=1S/C7H8N2O/c10-6-1-3-7-8-4-2-5-9-7/h1-2,4-6,10H,3H2. The average Bonchev–Trinajstić information content (AvgIpc) is 2.03. The van der Waals surface area contributed by atoms with Crippen molar-refractivity contribution in [3.63, 3.8) is 0 Å². The van der Waals surface area contributed by atoms with Gasteiger partial charge in [-0.15, -0.1) is 0 Å². The second-order valence-corrected chi connectivity index (χ2v) is 1.75. The van der Waals surface area contributed by atoms with Gasteiger partial charge in [-0.2, -0.15) is 0 Å². The summed E-state index contributed by atoms with van der Waals surface area (Å²) in [6, 6.07) is 1.76. The predicted molar refractivity (Wildman–Crippen MR) is 37.5 cm³/mol. The van der Waals surface area contributed by atoms with E-state index in [0.29, 0.717) is 12.2 Å². The Balaban J connectivity index is 2.59. The smallest absolute Gasteiger partial charge is 0.132 e. The van der Waals surface area contributed by atoms with Gasteiger partial charge in [0.2, 0.25) is 0 Å². The average molecular weight is 136 g/mol. The van der Waals surface area contributed by atoms with E-state index in [1.807, 2.05) is 0 Å². The maximum atomic E-state index is 8.29. The van der Waals surface area contributed by atoms with Crippen molar-refractivity contribution in [3.05, 3.63) is 36.6 Å². The zero-order valence-corrected chi connectivity index (χ0v) is 5.44. The number of aliphatic hydroxyl groups excluding tert-OH is 1. The number of allylic oxidation sites excluding steroid dienone is 1. The second kappa shape index (κ2) is 3.61. The van der Waals surface area contributed by atoms with Crippen LogP contribution < -0.4 is 0 Å². The van der Waals surface area contributed by atoms with Crippen molar-refractivity contribution in [3.8, 4) is 0 Å². The van der Waals surface area contributed by atoms with Crippen molar-refractivity contribution in [1.82, 2.24) is 9.97 Å². The fourth-order valence-corrected chi connectivity index (χ4v) is 0.593. The summed E-state index contributed by atoms with van der Waals surface area (Å²) in [5.74, 6) is 0.716. The van der Waals surface area contributed by atoms with Gasteiger partial charge in [-0.25, -0.2) is 9.97 Å². The minimum Gasteiger partial charge on any atom is -0.516 e. The van der Waals surface area contributed by atoms with E-state index in [2.05, 4.69) is 9.97 Å². The first-order chi connectivity index (χ1) is 4.93. The van der Waals surface area contributed by atoms with Crippen molar-refractivity contribution in [1.29, 1.82) is 0 Å². The maximum Gasteiger partial charge on any atom is 0.132 e. The van der Waals surface area contributed by atoms with Gasteiger partial charge >= 0.3 is 0 Å². The van der Waals surface area contributed by atoms with Crippen LogP contribution in [0.1, 0.15) is 5.82 Å². The van der Waals surface area contributed by atoms with Crippen LogP contribution in [-0.4, -0.2) is 15.1 Å². The number of nitrogens with zero attached hydrogens (tertiary/aromatic N) is 2. The molecule has 0 radical (unpaired) electrons. The molecule has 10 heavy (non-hydrogen) atoms. The van der Waals surface area contributed by atoms with E-state index in [1.165, 1.54) is 0 Å². The summed E-state index contributed by atoms with van der Waals surface area (Å²) in [7, 11) is 0. The van der Waals surface area contributed by atoms with E-state index < -0.39 is 0 Å². The highest BCUT2D eigenvalue weighted by Gasteiger charge is 1.87. The Kier molecular flexibility index (Phi) is 2.43. The monoisotopic (exact) mass is 136 g/mol. The summed E-state index contributed by atoms with van der Waals surface area (Å²) >= 11 is 0. The lowest BCUT2D eigenvalue weighted by Gasteiger charge is -1.89. The molecular weight excluding hydrogens is 128 g/mol. The molecule has 0 saturated carbocycles. The Morgan fingerprint density at radius 2 is 2.10 bits per heavy atom. The first-order valence-corrected chi connectivity index (χ1v) is 2.98. The molecule has 1 rings (SSSR count). The van der Waals surface area contributed by atoms with E-state index in [-0.39, 0.29) is 0 Å². The minimum atomic E-state index is 0.581.